The first-order valence-corrected chi connectivity index (χ1v) is 11.7. The van der Waals surface area contributed by atoms with E-state index in [9.17, 15) is 8.78 Å². The van der Waals surface area contributed by atoms with Crippen molar-refractivity contribution in [3.8, 4) is 5.75 Å². The summed E-state index contributed by atoms with van der Waals surface area (Å²) in [4.78, 5) is 4.64. The van der Waals surface area contributed by atoms with E-state index in [1.54, 1.807) is 5.01 Å². The first kappa shape index (κ1) is 23.1. The third-order valence-electron chi connectivity index (χ3n) is 4.96. The van der Waals surface area contributed by atoms with Gasteiger partial charge < -0.3 is 10.1 Å². The Morgan fingerprint density at radius 1 is 1.06 bits per heavy atom. The maximum absolute atomic E-state index is 14.5. The van der Waals surface area contributed by atoms with Crippen LogP contribution in [0.5, 0.6) is 5.75 Å². The highest BCUT2D eigenvalue weighted by atomic mass is 32.2. The number of aryl methyl sites for hydroxylation is 3. The van der Waals surface area contributed by atoms with Gasteiger partial charge in [0.2, 0.25) is 11.1 Å². The van der Waals surface area contributed by atoms with Crippen LogP contribution in [0.15, 0.2) is 40.4 Å². The van der Waals surface area contributed by atoms with Crippen molar-refractivity contribution in [3.05, 3.63) is 63.7 Å². The third kappa shape index (κ3) is 4.98. The number of ether oxygens (including phenoxy) is 1. The van der Waals surface area contributed by atoms with Gasteiger partial charge in [0.05, 0.1) is 12.2 Å². The van der Waals surface area contributed by atoms with E-state index in [0.717, 1.165) is 26.9 Å². The van der Waals surface area contributed by atoms with E-state index in [2.05, 4.69) is 25.6 Å². The summed E-state index contributed by atoms with van der Waals surface area (Å²) in [6, 6.07) is 8.44. The van der Waals surface area contributed by atoms with Crippen LogP contribution < -0.4 is 10.1 Å². The molecule has 172 valence electrons. The zero-order chi connectivity index (χ0) is 23.7. The highest BCUT2D eigenvalue weighted by Gasteiger charge is 2.33. The molecule has 0 spiro atoms. The van der Waals surface area contributed by atoms with Crippen molar-refractivity contribution in [3.63, 3.8) is 0 Å². The summed E-state index contributed by atoms with van der Waals surface area (Å²) in [6.45, 7) is 7.72. The van der Waals surface area contributed by atoms with Crippen molar-refractivity contribution in [1.82, 2.24) is 15.2 Å². The molecule has 0 bridgehead atoms. The van der Waals surface area contributed by atoms with Gasteiger partial charge in [0.25, 0.3) is 0 Å². The van der Waals surface area contributed by atoms with Crippen molar-refractivity contribution in [2.45, 2.75) is 33.1 Å². The molecule has 2 aromatic carbocycles. The molecular formula is C22H22F2N6OS2. The third-order valence-corrected chi connectivity index (χ3v) is 6.81. The second kappa shape index (κ2) is 9.44. The Morgan fingerprint density at radius 2 is 1.79 bits per heavy atom. The monoisotopic (exact) mass is 488 g/mol. The number of aliphatic imine (C=N–C) groups is 1. The van der Waals surface area contributed by atoms with Crippen LogP contribution >= 0.6 is 23.1 Å². The Kier molecular flexibility index (Phi) is 6.61. The van der Waals surface area contributed by atoms with E-state index < -0.39 is 22.8 Å². The number of thioether (sulfide) groups is 1. The SMILES string of the molecule is COc1c(F)cc(C2SC(C)=NN2/C(=N/c2nnc(C)s2)Nc2ccc(C)c(C)c2)cc1F. The first-order chi connectivity index (χ1) is 15.7. The summed E-state index contributed by atoms with van der Waals surface area (Å²) < 4.78 is 33.8. The normalized spacial score (nSPS) is 16.2. The summed E-state index contributed by atoms with van der Waals surface area (Å²) in [5.74, 6) is -1.62. The Morgan fingerprint density at radius 3 is 2.39 bits per heavy atom. The quantitative estimate of drug-likeness (QED) is 0.362. The zero-order valence-corrected chi connectivity index (χ0v) is 20.3. The molecule has 1 N–H and O–H groups in total. The fourth-order valence-electron chi connectivity index (χ4n) is 3.23. The molecule has 0 amide bonds. The van der Waals surface area contributed by atoms with E-state index in [4.69, 9.17) is 4.74 Å². The number of anilines is 1. The lowest BCUT2D eigenvalue weighted by atomic mass is 10.1. The van der Waals surface area contributed by atoms with Gasteiger partial charge in [0.1, 0.15) is 10.4 Å². The number of halogens is 2. The second-order valence-corrected chi connectivity index (χ2v) is 9.85. The molecule has 11 heteroatoms. The average molecular weight is 489 g/mol. The molecule has 33 heavy (non-hydrogen) atoms. The number of guanidine groups is 1. The minimum Gasteiger partial charge on any atom is -0.491 e. The molecular weight excluding hydrogens is 466 g/mol. The van der Waals surface area contributed by atoms with Crippen LogP contribution in [0, 0.1) is 32.4 Å². The van der Waals surface area contributed by atoms with Crippen LogP contribution in [0.4, 0.5) is 19.6 Å². The number of nitrogens with zero attached hydrogens (tertiary/aromatic N) is 5. The number of rotatable bonds is 4. The molecule has 1 aliphatic rings. The Labute approximate surface area is 198 Å². The van der Waals surface area contributed by atoms with Gasteiger partial charge >= 0.3 is 0 Å². The summed E-state index contributed by atoms with van der Waals surface area (Å²) in [6.07, 6.45) is 0. The summed E-state index contributed by atoms with van der Waals surface area (Å²) in [5.41, 5.74) is 3.46. The van der Waals surface area contributed by atoms with Gasteiger partial charge in [-0.15, -0.1) is 10.2 Å². The molecule has 0 radical (unpaired) electrons. The van der Waals surface area contributed by atoms with Crippen molar-refractivity contribution < 1.29 is 13.5 Å². The van der Waals surface area contributed by atoms with Crippen LogP contribution in [0.3, 0.4) is 0 Å². The Balaban J connectivity index is 1.77. The van der Waals surface area contributed by atoms with E-state index >= 15 is 0 Å². The minimum absolute atomic E-state index is 0.361. The fraction of sp³-hybridized carbons (Fsp3) is 0.273. The van der Waals surface area contributed by atoms with Gasteiger partial charge in [-0.05, 0) is 68.7 Å². The molecule has 4 rings (SSSR count). The van der Waals surface area contributed by atoms with Crippen LogP contribution in [-0.4, -0.2) is 33.3 Å². The molecule has 0 saturated carbocycles. The number of hydrazone groups is 1. The number of hydrogen-bond acceptors (Lipinski definition) is 7. The first-order valence-electron chi connectivity index (χ1n) is 10.0. The summed E-state index contributed by atoms with van der Waals surface area (Å²) >= 11 is 2.70. The highest BCUT2D eigenvalue weighted by Crippen LogP contribution is 2.41. The molecule has 7 nitrogen and oxygen atoms in total. The molecule has 0 saturated heterocycles. The van der Waals surface area contributed by atoms with Gasteiger partial charge in [0, 0.05) is 5.69 Å². The Hall–Kier alpha value is -3.05. The standard InChI is InChI=1S/C22H22F2N6OS2/c1-11-6-7-16(8-12(11)2)25-21(26-22-28-27-13(3)33-22)30-20(32-14(4)29-30)15-9-17(23)19(31-5)18(24)10-15/h6-10,20H,1-5H3,(H,25,26,28). The smallest absolute Gasteiger partial charge is 0.234 e. The Bertz CT molecular complexity index is 1240. The van der Waals surface area contributed by atoms with Crippen LogP contribution in [-0.2, 0) is 0 Å². The maximum atomic E-state index is 14.5. The van der Waals surface area contributed by atoms with Crippen molar-refractivity contribution in [2.24, 2.45) is 10.1 Å². The van der Waals surface area contributed by atoms with Crippen LogP contribution in [0.2, 0.25) is 0 Å². The molecule has 0 aliphatic carbocycles. The lowest BCUT2D eigenvalue weighted by Gasteiger charge is -2.25. The van der Waals surface area contributed by atoms with Gasteiger partial charge in [-0.1, -0.05) is 29.2 Å². The predicted molar refractivity (Wildman–Crippen MR) is 129 cm³/mol. The fourth-order valence-corrected chi connectivity index (χ4v) is 4.77. The van der Waals surface area contributed by atoms with Crippen LogP contribution in [0.25, 0.3) is 0 Å². The molecule has 1 aliphatic heterocycles. The molecule has 1 atom stereocenters. The number of methoxy groups -OCH3 is 1. The van der Waals surface area contributed by atoms with Crippen molar-refractivity contribution in [1.29, 1.82) is 0 Å². The number of nitrogens with one attached hydrogen (secondary N) is 1. The number of benzene rings is 2. The van der Waals surface area contributed by atoms with Crippen LogP contribution in [0.1, 0.15) is 34.0 Å². The number of aromatic nitrogens is 2. The van der Waals surface area contributed by atoms with E-state index in [1.165, 1.54) is 42.3 Å². The summed E-state index contributed by atoms with van der Waals surface area (Å²) in [7, 11) is 1.23. The zero-order valence-electron chi connectivity index (χ0n) is 18.7. The summed E-state index contributed by atoms with van der Waals surface area (Å²) in [5, 5.41) is 19.0. The van der Waals surface area contributed by atoms with E-state index in [-0.39, 0.29) is 0 Å². The lowest BCUT2D eigenvalue weighted by molar-refractivity contribution is 0.357. The van der Waals surface area contributed by atoms with Crippen molar-refractivity contribution >= 4 is 44.9 Å². The highest BCUT2D eigenvalue weighted by molar-refractivity contribution is 8.14. The minimum atomic E-state index is -0.780. The topological polar surface area (TPSA) is 75.0 Å². The molecule has 1 unspecified atom stereocenters. The largest absolute Gasteiger partial charge is 0.491 e. The second-order valence-electron chi connectivity index (χ2n) is 7.41. The molecule has 1 aromatic heterocycles. The molecule has 2 heterocycles. The average Bonchev–Trinajstić information content (AvgIpc) is 3.35. The number of hydrogen-bond donors (Lipinski definition) is 1. The van der Waals surface area contributed by atoms with E-state index in [1.807, 2.05) is 45.9 Å². The van der Waals surface area contributed by atoms with Gasteiger partial charge in [0.15, 0.2) is 17.4 Å². The predicted octanol–water partition coefficient (Wildman–Crippen LogP) is 5.93. The van der Waals surface area contributed by atoms with E-state index in [0.29, 0.717) is 16.7 Å². The van der Waals surface area contributed by atoms with Crippen molar-refractivity contribution in [2.75, 3.05) is 12.4 Å². The molecule has 3 aromatic rings. The van der Waals surface area contributed by atoms with Gasteiger partial charge in [-0.2, -0.15) is 10.1 Å². The van der Waals surface area contributed by atoms with Gasteiger partial charge in [-0.3, -0.25) is 0 Å². The van der Waals surface area contributed by atoms with Gasteiger partial charge in [-0.25, -0.2) is 13.8 Å². The lowest BCUT2D eigenvalue weighted by Crippen LogP contribution is -2.32. The molecule has 0 fully saturated rings. The maximum Gasteiger partial charge on any atom is 0.234 e.